The second kappa shape index (κ2) is 11.7. The zero-order valence-corrected chi connectivity index (χ0v) is 28.0. The highest BCUT2D eigenvalue weighted by atomic mass is 19.1. The van der Waals surface area contributed by atoms with Crippen molar-refractivity contribution in [1.29, 1.82) is 0 Å². The normalized spacial score (nSPS) is 12.9. The summed E-state index contributed by atoms with van der Waals surface area (Å²) in [5, 5.41) is 2.23. The molecule has 0 aliphatic heterocycles. The number of benzene rings is 7. The summed E-state index contributed by atoms with van der Waals surface area (Å²) < 4.78 is 29.4. The van der Waals surface area contributed by atoms with Crippen LogP contribution in [0.15, 0.2) is 146 Å². The highest BCUT2D eigenvalue weighted by molar-refractivity contribution is 6.10. The van der Waals surface area contributed by atoms with E-state index in [9.17, 15) is 8.78 Å². The summed E-state index contributed by atoms with van der Waals surface area (Å²) in [5.41, 5.74) is 12.1. The lowest BCUT2D eigenvalue weighted by Gasteiger charge is -2.30. The lowest BCUT2D eigenvalue weighted by molar-refractivity contribution is 0.627. The molecule has 0 bridgehead atoms. The topological polar surface area (TPSA) is 6.48 Å². The quantitative estimate of drug-likeness (QED) is 0.178. The molecule has 7 aromatic carbocycles. The molecular formula is C45H36F2N2. The maximum atomic E-state index is 14.8. The molecule has 0 heterocycles. The van der Waals surface area contributed by atoms with E-state index in [0.29, 0.717) is 0 Å². The van der Waals surface area contributed by atoms with E-state index >= 15 is 0 Å². The number of fused-ring (bicyclic) bond motifs is 5. The van der Waals surface area contributed by atoms with Gasteiger partial charge >= 0.3 is 0 Å². The Morgan fingerprint density at radius 2 is 0.959 bits per heavy atom. The van der Waals surface area contributed by atoms with Gasteiger partial charge in [-0.15, -0.1) is 0 Å². The third-order valence-corrected chi connectivity index (χ3v) is 9.86. The van der Waals surface area contributed by atoms with Gasteiger partial charge in [0.2, 0.25) is 0 Å². The molecule has 49 heavy (non-hydrogen) atoms. The average Bonchev–Trinajstić information content (AvgIpc) is 3.32. The van der Waals surface area contributed by atoms with Gasteiger partial charge in [0.15, 0.2) is 0 Å². The predicted molar refractivity (Wildman–Crippen MR) is 200 cm³/mol. The Morgan fingerprint density at radius 1 is 0.449 bits per heavy atom. The van der Waals surface area contributed by atoms with Crippen LogP contribution in [0, 0.1) is 25.5 Å². The van der Waals surface area contributed by atoms with E-state index in [2.05, 4.69) is 135 Å². The highest BCUT2D eigenvalue weighted by Crippen LogP contribution is 2.55. The van der Waals surface area contributed by atoms with Crippen molar-refractivity contribution in [1.82, 2.24) is 0 Å². The first-order valence-electron chi connectivity index (χ1n) is 16.6. The Morgan fingerprint density at radius 3 is 1.55 bits per heavy atom. The average molecular weight is 643 g/mol. The van der Waals surface area contributed by atoms with Gasteiger partial charge in [0, 0.05) is 39.2 Å². The van der Waals surface area contributed by atoms with E-state index < -0.39 is 0 Å². The number of halogens is 2. The molecule has 0 unspecified atom stereocenters. The van der Waals surface area contributed by atoms with Crippen molar-refractivity contribution in [2.24, 2.45) is 0 Å². The zero-order chi connectivity index (χ0) is 33.9. The highest BCUT2D eigenvalue weighted by Gasteiger charge is 2.38. The van der Waals surface area contributed by atoms with Crippen molar-refractivity contribution in [3.05, 3.63) is 179 Å². The Labute approximate surface area is 286 Å². The van der Waals surface area contributed by atoms with Crippen LogP contribution in [0.1, 0.15) is 36.1 Å². The number of rotatable bonds is 6. The van der Waals surface area contributed by atoms with Gasteiger partial charge in [-0.3, -0.25) is 0 Å². The molecule has 2 nitrogen and oxygen atoms in total. The molecule has 0 saturated carbocycles. The minimum atomic E-state index is -0.374. The Kier molecular flexibility index (Phi) is 7.33. The Bertz CT molecular complexity index is 2360. The molecule has 240 valence electrons. The first-order chi connectivity index (χ1) is 23.7. The van der Waals surface area contributed by atoms with Gasteiger partial charge in [-0.1, -0.05) is 91.7 Å². The number of aryl methyl sites for hydroxylation is 2. The first-order valence-corrected chi connectivity index (χ1v) is 16.6. The predicted octanol–water partition coefficient (Wildman–Crippen LogP) is 13.0. The summed E-state index contributed by atoms with van der Waals surface area (Å²) in [4.78, 5) is 4.28. The van der Waals surface area contributed by atoms with Gasteiger partial charge in [0.05, 0.1) is 5.69 Å². The summed E-state index contributed by atoms with van der Waals surface area (Å²) >= 11 is 0. The van der Waals surface area contributed by atoms with E-state index in [-0.39, 0.29) is 17.0 Å². The maximum absolute atomic E-state index is 14.8. The molecular weight excluding hydrogens is 607 g/mol. The minimum Gasteiger partial charge on any atom is -0.310 e. The van der Waals surface area contributed by atoms with Crippen molar-refractivity contribution in [2.75, 3.05) is 9.80 Å². The standard InChI is InChI=1S/C45H36F2N2/c1-29-15-19-33(20-16-29)48(35-11-7-9-31(46)25-35)37-23-24-40-41(27-37)45(3,4)42-28-43(38-13-5-6-14-39(38)44(40)42)49(34-21-17-30(2)18-22-34)36-12-8-10-32(47)26-36/h5-28H,1-4H3. The number of hydrogen-bond donors (Lipinski definition) is 0. The molecule has 0 atom stereocenters. The molecule has 8 rings (SSSR count). The monoisotopic (exact) mass is 642 g/mol. The van der Waals surface area contributed by atoms with E-state index in [1.54, 1.807) is 24.3 Å². The van der Waals surface area contributed by atoms with Gasteiger partial charge in [0.25, 0.3) is 0 Å². The molecule has 4 heteroatoms. The largest absolute Gasteiger partial charge is 0.310 e. The molecule has 0 spiro atoms. The second-order valence-corrected chi connectivity index (χ2v) is 13.5. The molecule has 0 fully saturated rings. The van der Waals surface area contributed by atoms with Crippen LogP contribution in [0.25, 0.3) is 21.9 Å². The van der Waals surface area contributed by atoms with Crippen molar-refractivity contribution in [3.8, 4) is 11.1 Å². The SMILES string of the molecule is Cc1ccc(N(c2cccc(F)c2)c2ccc3c(c2)C(C)(C)c2cc(N(c4ccc(C)cc4)c4cccc(F)c4)c4ccccc4c2-3)cc1. The molecule has 0 amide bonds. The van der Waals surface area contributed by atoms with Crippen LogP contribution in [0.2, 0.25) is 0 Å². The Hall–Kier alpha value is -5.74. The Balaban J connectivity index is 1.34. The van der Waals surface area contributed by atoms with Crippen LogP contribution in [0.5, 0.6) is 0 Å². The summed E-state index contributed by atoms with van der Waals surface area (Å²) in [6, 6.07) is 47.7. The van der Waals surface area contributed by atoms with Gasteiger partial charge in [-0.2, -0.15) is 0 Å². The molecule has 7 aromatic rings. The van der Waals surface area contributed by atoms with Crippen LogP contribution >= 0.6 is 0 Å². The van der Waals surface area contributed by atoms with Crippen molar-refractivity contribution in [2.45, 2.75) is 33.1 Å². The third kappa shape index (κ3) is 5.25. The molecule has 1 aliphatic rings. The summed E-state index contributed by atoms with van der Waals surface area (Å²) in [5.74, 6) is -0.560. The summed E-state index contributed by atoms with van der Waals surface area (Å²) in [6.45, 7) is 8.69. The summed E-state index contributed by atoms with van der Waals surface area (Å²) in [7, 11) is 0. The van der Waals surface area contributed by atoms with Gasteiger partial charge in [-0.25, -0.2) is 8.78 Å². The smallest absolute Gasteiger partial charge is 0.125 e. The lowest BCUT2D eigenvalue weighted by atomic mass is 9.81. The second-order valence-electron chi connectivity index (χ2n) is 13.5. The fourth-order valence-electron chi connectivity index (χ4n) is 7.37. The molecule has 0 saturated heterocycles. The van der Waals surface area contributed by atoms with E-state index in [1.165, 1.54) is 34.4 Å². The van der Waals surface area contributed by atoms with Crippen LogP contribution in [0.4, 0.5) is 42.9 Å². The van der Waals surface area contributed by atoms with Crippen molar-refractivity contribution < 1.29 is 8.78 Å². The third-order valence-electron chi connectivity index (χ3n) is 9.86. The minimum absolute atomic E-state index is 0.279. The maximum Gasteiger partial charge on any atom is 0.125 e. The number of hydrogen-bond acceptors (Lipinski definition) is 2. The number of anilines is 6. The molecule has 0 radical (unpaired) electrons. The fraction of sp³-hybridized carbons (Fsp3) is 0.111. The van der Waals surface area contributed by atoms with E-state index in [4.69, 9.17) is 0 Å². The van der Waals surface area contributed by atoms with Gasteiger partial charge in [-0.05, 0) is 120 Å². The number of nitrogens with zero attached hydrogens (tertiary/aromatic N) is 2. The van der Waals surface area contributed by atoms with E-state index in [0.717, 1.165) is 56.0 Å². The van der Waals surface area contributed by atoms with Crippen molar-refractivity contribution >= 4 is 44.9 Å². The summed E-state index contributed by atoms with van der Waals surface area (Å²) in [6.07, 6.45) is 0. The van der Waals surface area contributed by atoms with E-state index in [1.807, 2.05) is 12.1 Å². The van der Waals surface area contributed by atoms with Crippen molar-refractivity contribution in [3.63, 3.8) is 0 Å². The lowest BCUT2D eigenvalue weighted by Crippen LogP contribution is -2.18. The van der Waals surface area contributed by atoms with Crippen LogP contribution in [-0.2, 0) is 5.41 Å². The van der Waals surface area contributed by atoms with Crippen LogP contribution < -0.4 is 9.80 Å². The van der Waals surface area contributed by atoms with Crippen LogP contribution in [-0.4, -0.2) is 0 Å². The first kappa shape index (κ1) is 30.6. The fourth-order valence-corrected chi connectivity index (χ4v) is 7.37. The molecule has 0 aromatic heterocycles. The van der Waals surface area contributed by atoms with Crippen LogP contribution in [0.3, 0.4) is 0 Å². The molecule has 1 aliphatic carbocycles. The molecule has 0 N–H and O–H groups in total. The van der Waals surface area contributed by atoms with Gasteiger partial charge in [0.1, 0.15) is 11.6 Å². The van der Waals surface area contributed by atoms with Gasteiger partial charge < -0.3 is 9.80 Å². The zero-order valence-electron chi connectivity index (χ0n) is 28.0.